The molecule has 0 radical (unpaired) electrons. The van der Waals surface area contributed by atoms with E-state index in [0.29, 0.717) is 22.6 Å². The van der Waals surface area contributed by atoms with Crippen LogP contribution in [0.4, 0.5) is 5.69 Å². The quantitative estimate of drug-likeness (QED) is 0.711. The van der Waals surface area contributed by atoms with E-state index in [1.807, 2.05) is 0 Å². The van der Waals surface area contributed by atoms with Crippen molar-refractivity contribution in [3.63, 3.8) is 0 Å². The second kappa shape index (κ2) is 6.51. The first-order chi connectivity index (χ1) is 14.0. The first-order valence-electron chi connectivity index (χ1n) is 9.57. The highest BCUT2D eigenvalue weighted by molar-refractivity contribution is 5.91. The van der Waals surface area contributed by atoms with Crippen LogP contribution in [-0.2, 0) is 11.3 Å². The van der Waals surface area contributed by atoms with Crippen LogP contribution in [0.1, 0.15) is 25.7 Å². The van der Waals surface area contributed by atoms with Crippen LogP contribution in [0.3, 0.4) is 0 Å². The summed E-state index contributed by atoms with van der Waals surface area (Å²) in [5, 5.41) is 5.76. The van der Waals surface area contributed by atoms with Gasteiger partial charge in [0.25, 0.3) is 16.9 Å². The number of anilines is 1. The van der Waals surface area contributed by atoms with Crippen LogP contribution in [-0.4, -0.2) is 21.5 Å². The minimum absolute atomic E-state index is 0.272. The first-order valence-corrected chi connectivity index (χ1v) is 9.57. The molecule has 1 spiro atoms. The number of carbonyl (C=O) groups excluding carboxylic acids is 1. The summed E-state index contributed by atoms with van der Waals surface area (Å²) >= 11 is 0. The van der Waals surface area contributed by atoms with Gasteiger partial charge in [-0.15, -0.1) is 0 Å². The van der Waals surface area contributed by atoms with E-state index in [0.717, 1.165) is 30.4 Å². The van der Waals surface area contributed by atoms with Crippen molar-refractivity contribution in [2.75, 3.05) is 5.32 Å². The molecule has 0 unspecified atom stereocenters. The second-order valence-corrected chi connectivity index (χ2v) is 7.41. The molecule has 1 saturated carbocycles. The standard InChI is InChI=1S/C21H19N3O5/c25-18(12-24-20(27)15-6-2-1-5-14(15)19(26)23-24)22-13-7-8-16-17(11-13)29-21(28-16)9-3-4-10-21/h1-2,5-8,11H,3-4,9-10,12H2,(H,22,25)(H,23,26). The van der Waals surface area contributed by atoms with Crippen LogP contribution < -0.4 is 25.9 Å². The second-order valence-electron chi connectivity index (χ2n) is 7.41. The lowest BCUT2D eigenvalue weighted by atomic mass is 10.2. The smallest absolute Gasteiger partial charge is 0.273 e. The number of ether oxygens (including phenoxy) is 2. The van der Waals surface area contributed by atoms with Gasteiger partial charge < -0.3 is 14.8 Å². The fourth-order valence-electron chi connectivity index (χ4n) is 3.99. The summed E-state index contributed by atoms with van der Waals surface area (Å²) < 4.78 is 13.0. The van der Waals surface area contributed by atoms with Gasteiger partial charge in [0.15, 0.2) is 11.5 Å². The summed E-state index contributed by atoms with van der Waals surface area (Å²) in [5.41, 5.74) is -0.314. The number of amides is 1. The Hall–Kier alpha value is -3.55. The van der Waals surface area contributed by atoms with Crippen molar-refractivity contribution >= 4 is 22.4 Å². The molecule has 2 aliphatic rings. The molecule has 1 amide bonds. The monoisotopic (exact) mass is 393 g/mol. The maximum atomic E-state index is 12.5. The highest BCUT2D eigenvalue weighted by Crippen LogP contribution is 2.47. The van der Waals surface area contributed by atoms with Gasteiger partial charge in [-0.3, -0.25) is 19.5 Å². The summed E-state index contributed by atoms with van der Waals surface area (Å²) in [6.07, 6.45) is 3.83. The summed E-state index contributed by atoms with van der Waals surface area (Å²) in [5.74, 6) is 0.261. The summed E-state index contributed by atoms with van der Waals surface area (Å²) in [6.45, 7) is -0.308. The maximum absolute atomic E-state index is 12.5. The van der Waals surface area contributed by atoms with E-state index in [9.17, 15) is 14.4 Å². The molecule has 1 aromatic heterocycles. The minimum atomic E-state index is -0.567. The van der Waals surface area contributed by atoms with E-state index in [2.05, 4.69) is 10.4 Å². The van der Waals surface area contributed by atoms with E-state index in [4.69, 9.17) is 9.47 Å². The van der Waals surface area contributed by atoms with Gasteiger partial charge in [-0.25, -0.2) is 4.68 Å². The van der Waals surface area contributed by atoms with E-state index in [1.54, 1.807) is 42.5 Å². The fourth-order valence-corrected chi connectivity index (χ4v) is 3.99. The number of hydrogen-bond donors (Lipinski definition) is 2. The van der Waals surface area contributed by atoms with Gasteiger partial charge in [-0.2, -0.15) is 0 Å². The minimum Gasteiger partial charge on any atom is -0.448 e. The van der Waals surface area contributed by atoms with Crippen molar-refractivity contribution in [1.82, 2.24) is 9.78 Å². The van der Waals surface area contributed by atoms with Crippen molar-refractivity contribution in [3.8, 4) is 11.5 Å². The van der Waals surface area contributed by atoms with E-state index in [-0.39, 0.29) is 11.9 Å². The van der Waals surface area contributed by atoms with Crippen molar-refractivity contribution in [3.05, 3.63) is 63.2 Å². The number of fused-ring (bicyclic) bond motifs is 2. The van der Waals surface area contributed by atoms with Crippen LogP contribution in [0, 0.1) is 0 Å². The highest BCUT2D eigenvalue weighted by atomic mass is 16.7. The molecule has 148 valence electrons. The SMILES string of the molecule is O=C(Cn1[nH]c(=O)c2ccccc2c1=O)Nc1ccc2c(c1)OC1(CCCC1)O2. The third kappa shape index (κ3) is 3.06. The van der Waals surface area contributed by atoms with Crippen molar-refractivity contribution in [2.24, 2.45) is 0 Å². The van der Waals surface area contributed by atoms with Gasteiger partial charge in [0.05, 0.1) is 10.8 Å². The Morgan fingerprint density at radius 3 is 2.55 bits per heavy atom. The molecule has 2 heterocycles. The molecular weight excluding hydrogens is 374 g/mol. The normalized spacial score (nSPS) is 16.4. The number of rotatable bonds is 3. The molecule has 29 heavy (non-hydrogen) atoms. The topological polar surface area (TPSA) is 102 Å². The number of benzene rings is 2. The molecular formula is C21H19N3O5. The van der Waals surface area contributed by atoms with Crippen molar-refractivity contribution < 1.29 is 14.3 Å². The number of aromatic amines is 1. The number of aromatic nitrogens is 2. The molecule has 0 saturated heterocycles. The van der Waals surface area contributed by atoms with E-state index < -0.39 is 22.8 Å². The number of hydrogen-bond acceptors (Lipinski definition) is 5. The molecule has 2 N–H and O–H groups in total. The molecule has 1 aliphatic heterocycles. The van der Waals surface area contributed by atoms with Crippen molar-refractivity contribution in [1.29, 1.82) is 0 Å². The van der Waals surface area contributed by atoms with Crippen LogP contribution >= 0.6 is 0 Å². The van der Waals surface area contributed by atoms with Gasteiger partial charge in [0, 0.05) is 24.6 Å². The molecule has 2 aromatic carbocycles. The molecule has 8 nitrogen and oxygen atoms in total. The largest absolute Gasteiger partial charge is 0.448 e. The van der Waals surface area contributed by atoms with Gasteiger partial charge in [-0.05, 0) is 37.1 Å². The highest BCUT2D eigenvalue weighted by Gasteiger charge is 2.44. The lowest BCUT2D eigenvalue weighted by Gasteiger charge is -2.21. The summed E-state index contributed by atoms with van der Waals surface area (Å²) in [7, 11) is 0. The van der Waals surface area contributed by atoms with E-state index in [1.165, 1.54) is 0 Å². The zero-order valence-corrected chi connectivity index (χ0v) is 15.6. The Balaban J connectivity index is 1.35. The summed E-state index contributed by atoms with van der Waals surface area (Å²) in [4.78, 5) is 37.2. The molecule has 3 aromatic rings. The number of nitrogens with zero attached hydrogens (tertiary/aromatic N) is 1. The Bertz CT molecular complexity index is 1240. The zero-order chi connectivity index (χ0) is 20.0. The summed E-state index contributed by atoms with van der Waals surface area (Å²) in [6, 6.07) is 11.7. The average molecular weight is 393 g/mol. The first kappa shape index (κ1) is 17.5. The van der Waals surface area contributed by atoms with Crippen LogP contribution in [0.5, 0.6) is 11.5 Å². The Kier molecular flexibility index (Phi) is 3.94. The van der Waals surface area contributed by atoms with Gasteiger partial charge in [-0.1, -0.05) is 12.1 Å². The predicted octanol–water partition coefficient (Wildman–Crippen LogP) is 2.37. The molecule has 5 rings (SSSR count). The average Bonchev–Trinajstić information content (AvgIpc) is 3.31. The Morgan fingerprint density at radius 1 is 1.03 bits per heavy atom. The third-order valence-electron chi connectivity index (χ3n) is 5.37. The molecule has 1 fully saturated rings. The van der Waals surface area contributed by atoms with Crippen LogP contribution in [0.25, 0.3) is 10.8 Å². The van der Waals surface area contributed by atoms with Gasteiger partial charge in [0.1, 0.15) is 6.54 Å². The van der Waals surface area contributed by atoms with Gasteiger partial charge in [0.2, 0.25) is 5.91 Å². The Morgan fingerprint density at radius 2 is 1.76 bits per heavy atom. The number of H-pyrrole nitrogens is 1. The number of carbonyl (C=O) groups is 1. The van der Waals surface area contributed by atoms with Gasteiger partial charge >= 0.3 is 0 Å². The zero-order valence-electron chi connectivity index (χ0n) is 15.6. The molecule has 1 aliphatic carbocycles. The molecule has 8 heteroatoms. The lowest BCUT2D eigenvalue weighted by Crippen LogP contribution is -2.34. The molecule has 0 bridgehead atoms. The Labute approximate surface area is 165 Å². The maximum Gasteiger partial charge on any atom is 0.273 e. The third-order valence-corrected chi connectivity index (χ3v) is 5.37. The lowest BCUT2D eigenvalue weighted by molar-refractivity contribution is -0.117. The van der Waals surface area contributed by atoms with Crippen LogP contribution in [0.2, 0.25) is 0 Å². The van der Waals surface area contributed by atoms with E-state index >= 15 is 0 Å². The van der Waals surface area contributed by atoms with Crippen LogP contribution in [0.15, 0.2) is 52.1 Å². The molecule has 0 atom stereocenters. The predicted molar refractivity (Wildman–Crippen MR) is 106 cm³/mol. The van der Waals surface area contributed by atoms with Crippen molar-refractivity contribution in [2.45, 2.75) is 38.0 Å². The number of nitrogens with one attached hydrogen (secondary N) is 2. The fraction of sp³-hybridized carbons (Fsp3) is 0.286.